The highest BCUT2D eigenvalue weighted by molar-refractivity contribution is 9.10. The first-order valence-corrected chi connectivity index (χ1v) is 16.3. The molecule has 2 aliphatic heterocycles. The Morgan fingerprint density at radius 2 is 1.89 bits per heavy atom. The van der Waals surface area contributed by atoms with E-state index in [1.165, 1.54) is 29.3 Å². The SMILES string of the molecule is CC1(C)CC2=C(C(c3ccc(OCc4ccccc4)cc3F)N(C(=O)c3ncccc3Br)c3cccc(O)c3N2)S(=O)(=O)C1. The van der Waals surface area contributed by atoms with Gasteiger partial charge in [0.1, 0.15) is 41.3 Å². The van der Waals surface area contributed by atoms with Gasteiger partial charge in [0.15, 0.2) is 9.84 Å². The maximum atomic E-state index is 16.3. The molecule has 0 saturated carbocycles. The highest BCUT2D eigenvalue weighted by Crippen LogP contribution is 2.52. The Morgan fingerprint density at radius 1 is 1.11 bits per heavy atom. The molecule has 0 spiro atoms. The Kier molecular flexibility index (Phi) is 7.71. The van der Waals surface area contributed by atoms with Gasteiger partial charge in [-0.25, -0.2) is 17.8 Å². The number of sulfone groups is 1. The third-order valence-corrected chi connectivity index (χ3v) is 10.6. The van der Waals surface area contributed by atoms with Crippen molar-refractivity contribution in [1.29, 1.82) is 0 Å². The monoisotopic (exact) mass is 677 g/mol. The van der Waals surface area contributed by atoms with Crippen molar-refractivity contribution in [2.45, 2.75) is 32.9 Å². The third-order valence-electron chi connectivity index (χ3n) is 7.63. The number of aromatic hydroxyl groups is 1. The number of carbonyl (C=O) groups excluding carboxylic acids is 1. The van der Waals surface area contributed by atoms with Crippen LogP contribution in [0.25, 0.3) is 0 Å². The lowest BCUT2D eigenvalue weighted by Crippen LogP contribution is -2.41. The van der Waals surface area contributed by atoms with Crippen molar-refractivity contribution in [3.63, 3.8) is 0 Å². The van der Waals surface area contributed by atoms with Crippen LogP contribution in [0.2, 0.25) is 0 Å². The molecule has 6 rings (SSSR count). The Bertz CT molecular complexity index is 1910. The molecular formula is C33H29BrFN3O5S. The van der Waals surface area contributed by atoms with E-state index in [2.05, 4.69) is 26.2 Å². The van der Waals surface area contributed by atoms with E-state index in [1.54, 1.807) is 30.3 Å². The Hall–Kier alpha value is -4.22. The number of phenolic OH excluding ortho intramolecular Hbond substituents is 1. The average Bonchev–Trinajstić information content (AvgIpc) is 3.11. The fourth-order valence-corrected chi connectivity index (χ4v) is 8.61. The van der Waals surface area contributed by atoms with Gasteiger partial charge in [0.25, 0.3) is 5.91 Å². The Labute approximate surface area is 263 Å². The number of aromatic nitrogens is 1. The molecule has 226 valence electrons. The molecule has 1 unspecified atom stereocenters. The van der Waals surface area contributed by atoms with Crippen LogP contribution in [-0.4, -0.2) is 30.2 Å². The van der Waals surface area contributed by atoms with Crippen LogP contribution in [0, 0.1) is 11.2 Å². The number of anilines is 2. The predicted molar refractivity (Wildman–Crippen MR) is 170 cm³/mol. The Balaban J connectivity index is 1.57. The number of allylic oxidation sites excluding steroid dienone is 1. The zero-order valence-electron chi connectivity index (χ0n) is 23.9. The summed E-state index contributed by atoms with van der Waals surface area (Å²) in [4.78, 5) is 19.8. The number of para-hydroxylation sites is 1. The van der Waals surface area contributed by atoms with Crippen molar-refractivity contribution in [3.8, 4) is 11.5 Å². The van der Waals surface area contributed by atoms with Crippen LogP contribution in [0.1, 0.15) is 47.9 Å². The first-order chi connectivity index (χ1) is 20.9. The van der Waals surface area contributed by atoms with Crippen LogP contribution < -0.4 is 15.0 Å². The van der Waals surface area contributed by atoms with Crippen LogP contribution in [0.3, 0.4) is 0 Å². The van der Waals surface area contributed by atoms with Crippen LogP contribution >= 0.6 is 15.9 Å². The molecule has 44 heavy (non-hydrogen) atoms. The average molecular weight is 679 g/mol. The number of phenols is 1. The van der Waals surface area contributed by atoms with Gasteiger partial charge >= 0.3 is 0 Å². The zero-order chi connectivity index (χ0) is 31.2. The first-order valence-electron chi connectivity index (χ1n) is 13.9. The molecule has 1 amide bonds. The maximum Gasteiger partial charge on any atom is 0.278 e. The van der Waals surface area contributed by atoms with Gasteiger partial charge in [0.2, 0.25) is 0 Å². The van der Waals surface area contributed by atoms with E-state index in [-0.39, 0.29) is 63.5 Å². The topological polar surface area (TPSA) is 109 Å². The van der Waals surface area contributed by atoms with E-state index in [0.717, 1.165) is 5.56 Å². The third kappa shape index (κ3) is 5.57. The molecule has 1 atom stereocenters. The number of nitrogens with one attached hydrogen (secondary N) is 1. The van der Waals surface area contributed by atoms with Gasteiger partial charge in [-0.05, 0) is 69.7 Å². The van der Waals surface area contributed by atoms with E-state index in [1.807, 2.05) is 44.2 Å². The normalized spacial score (nSPS) is 18.5. The summed E-state index contributed by atoms with van der Waals surface area (Å²) in [5, 5.41) is 14.1. The van der Waals surface area contributed by atoms with E-state index >= 15 is 4.39 Å². The molecule has 11 heteroatoms. The largest absolute Gasteiger partial charge is 0.506 e. The molecule has 0 bridgehead atoms. The van der Waals surface area contributed by atoms with Gasteiger partial charge in [0.05, 0.1) is 16.3 Å². The summed E-state index contributed by atoms with van der Waals surface area (Å²) >= 11 is 3.38. The maximum absolute atomic E-state index is 16.3. The van der Waals surface area contributed by atoms with Crippen molar-refractivity contribution >= 4 is 43.0 Å². The number of nitrogens with zero attached hydrogens (tertiary/aromatic N) is 2. The van der Waals surface area contributed by atoms with Gasteiger partial charge in [-0.15, -0.1) is 0 Å². The van der Waals surface area contributed by atoms with Crippen LogP contribution in [0.5, 0.6) is 11.5 Å². The molecule has 2 aliphatic rings. The van der Waals surface area contributed by atoms with Crippen molar-refractivity contribution in [2.24, 2.45) is 5.41 Å². The fourth-order valence-electron chi connectivity index (χ4n) is 5.83. The van der Waals surface area contributed by atoms with Crippen molar-refractivity contribution in [2.75, 3.05) is 16.0 Å². The van der Waals surface area contributed by atoms with Gasteiger partial charge < -0.3 is 15.2 Å². The number of halogens is 2. The second-order valence-electron chi connectivity index (χ2n) is 11.6. The highest BCUT2D eigenvalue weighted by atomic mass is 79.9. The molecule has 2 N–H and O–H groups in total. The lowest BCUT2D eigenvalue weighted by molar-refractivity contribution is 0.0975. The lowest BCUT2D eigenvalue weighted by atomic mass is 9.88. The van der Waals surface area contributed by atoms with E-state index in [9.17, 15) is 18.3 Å². The summed E-state index contributed by atoms with van der Waals surface area (Å²) in [6.07, 6.45) is 1.72. The number of rotatable bonds is 5. The predicted octanol–water partition coefficient (Wildman–Crippen LogP) is 7.14. The molecule has 4 aromatic rings. The van der Waals surface area contributed by atoms with Crippen LogP contribution in [0.15, 0.2) is 100 Å². The number of fused-ring (bicyclic) bond motifs is 1. The smallest absolute Gasteiger partial charge is 0.278 e. The molecule has 0 fully saturated rings. The molecule has 0 aliphatic carbocycles. The van der Waals surface area contributed by atoms with E-state index in [0.29, 0.717) is 4.47 Å². The summed E-state index contributed by atoms with van der Waals surface area (Å²) in [5.41, 5.74) is 0.762. The molecule has 8 nitrogen and oxygen atoms in total. The summed E-state index contributed by atoms with van der Waals surface area (Å²) in [6, 6.07) is 20.0. The molecule has 0 saturated heterocycles. The van der Waals surface area contributed by atoms with Crippen molar-refractivity contribution in [1.82, 2.24) is 4.98 Å². The standard InChI is InChI=1S/C33H29BrFN3O5S/c1-33(2)17-25-31(44(41,42)19-33)30(22-14-13-21(16-24(22)35)43-18-20-8-4-3-5-9-20)38(26-11-6-12-27(39)29(26)37-25)32(40)28-23(34)10-7-15-36-28/h3-16,30,37,39H,17-19H2,1-2H3. The quantitative estimate of drug-likeness (QED) is 0.216. The number of amides is 1. The minimum absolute atomic E-state index is 0.00685. The summed E-state index contributed by atoms with van der Waals surface area (Å²) in [6.45, 7) is 3.86. The summed E-state index contributed by atoms with van der Waals surface area (Å²) < 4.78 is 50.8. The summed E-state index contributed by atoms with van der Waals surface area (Å²) in [7, 11) is -4.06. The zero-order valence-corrected chi connectivity index (χ0v) is 26.3. The molecule has 3 heterocycles. The number of benzene rings is 3. The number of ether oxygens (including phenoxy) is 1. The molecular weight excluding hydrogens is 649 g/mol. The minimum Gasteiger partial charge on any atom is -0.506 e. The number of pyridine rings is 1. The van der Waals surface area contributed by atoms with Gasteiger partial charge in [0, 0.05) is 28.0 Å². The lowest BCUT2D eigenvalue weighted by Gasteiger charge is -2.37. The molecule has 0 radical (unpaired) electrons. The highest BCUT2D eigenvalue weighted by Gasteiger charge is 2.48. The molecule has 1 aromatic heterocycles. The number of carbonyl (C=O) groups is 1. The van der Waals surface area contributed by atoms with E-state index < -0.39 is 33.0 Å². The van der Waals surface area contributed by atoms with Crippen molar-refractivity contribution in [3.05, 3.63) is 123 Å². The first kappa shape index (κ1) is 29.8. The van der Waals surface area contributed by atoms with Crippen LogP contribution in [0.4, 0.5) is 15.8 Å². The van der Waals surface area contributed by atoms with Gasteiger partial charge in [-0.2, -0.15) is 0 Å². The van der Waals surface area contributed by atoms with Crippen molar-refractivity contribution < 1.29 is 27.4 Å². The summed E-state index contributed by atoms with van der Waals surface area (Å²) in [5.74, 6) is -1.61. The number of hydrogen-bond acceptors (Lipinski definition) is 7. The van der Waals surface area contributed by atoms with E-state index in [4.69, 9.17) is 4.74 Å². The second kappa shape index (κ2) is 11.4. The fraction of sp³-hybridized carbons (Fsp3) is 0.212. The molecule has 3 aromatic carbocycles. The number of hydrogen-bond donors (Lipinski definition) is 2. The Morgan fingerprint density at radius 3 is 2.61 bits per heavy atom. The van der Waals surface area contributed by atoms with Gasteiger partial charge in [-0.3, -0.25) is 9.69 Å². The van der Waals surface area contributed by atoms with Gasteiger partial charge in [-0.1, -0.05) is 50.2 Å². The minimum atomic E-state index is -4.06. The van der Waals surface area contributed by atoms with Crippen LogP contribution in [-0.2, 0) is 16.4 Å². The second-order valence-corrected chi connectivity index (χ2v) is 14.4.